The molecule has 0 radical (unpaired) electrons. The number of esters is 1. The highest BCUT2D eigenvalue weighted by atomic mass is 16.6. The van der Waals surface area contributed by atoms with Gasteiger partial charge in [-0.3, -0.25) is 14.4 Å². The Hall–Kier alpha value is -3.72. The van der Waals surface area contributed by atoms with Crippen LogP contribution in [0, 0.1) is 6.92 Å². The number of carbonyl (C=O) groups is 4. The number of fused-ring (bicyclic) bond motifs is 1. The first-order chi connectivity index (χ1) is 15.6. The molecule has 0 bridgehead atoms. The number of amides is 2. The van der Waals surface area contributed by atoms with Gasteiger partial charge >= 0.3 is 5.97 Å². The van der Waals surface area contributed by atoms with E-state index in [0.717, 1.165) is 10.9 Å². The molecule has 2 N–H and O–H groups in total. The van der Waals surface area contributed by atoms with Gasteiger partial charge in [-0.15, -0.1) is 0 Å². The third-order valence-corrected chi connectivity index (χ3v) is 5.31. The monoisotopic (exact) mass is 454 g/mol. The second-order valence-electron chi connectivity index (χ2n) is 8.08. The van der Waals surface area contributed by atoms with Gasteiger partial charge in [0, 0.05) is 0 Å². The standard InChI is InChI=1S/C24H26N2O7/c1-13-7-6-8-17-18(13)9-16(31-5)10-19(17)23(30)33-20(24(4)12-32-24)22(29)26-15(3)21(28)25-11-14(2)27/h6-10,20H,3,11-12H2,1-2,4-5H3,(H,25,28)(H,26,29)/t20-,24+/m1/s1. The number of Topliss-reactive ketones (excluding diaryl/α,β-unsaturated/α-hetero) is 1. The Bertz CT molecular complexity index is 1150. The number of hydrogen-bond acceptors (Lipinski definition) is 7. The van der Waals surface area contributed by atoms with E-state index in [1.54, 1.807) is 19.1 Å². The fourth-order valence-electron chi connectivity index (χ4n) is 3.27. The van der Waals surface area contributed by atoms with Crippen molar-refractivity contribution in [2.45, 2.75) is 32.5 Å². The molecule has 2 aromatic carbocycles. The molecule has 2 amide bonds. The number of hydrogen-bond donors (Lipinski definition) is 2. The van der Waals surface area contributed by atoms with E-state index in [-0.39, 0.29) is 30.2 Å². The maximum atomic E-state index is 13.2. The molecule has 1 aliphatic rings. The number of carbonyl (C=O) groups excluding carboxylic acids is 4. The summed E-state index contributed by atoms with van der Waals surface area (Å²) in [5.74, 6) is -2.02. The summed E-state index contributed by atoms with van der Waals surface area (Å²) in [7, 11) is 1.49. The zero-order valence-corrected chi connectivity index (χ0v) is 18.9. The quantitative estimate of drug-likeness (QED) is 0.336. The van der Waals surface area contributed by atoms with Gasteiger partial charge in [0.2, 0.25) is 6.10 Å². The molecular weight excluding hydrogens is 428 g/mol. The number of nitrogens with one attached hydrogen (secondary N) is 2. The molecular formula is C24H26N2O7. The van der Waals surface area contributed by atoms with Crippen molar-refractivity contribution in [2.75, 3.05) is 20.3 Å². The van der Waals surface area contributed by atoms with E-state index < -0.39 is 29.5 Å². The van der Waals surface area contributed by atoms with E-state index in [1.807, 2.05) is 25.1 Å². The van der Waals surface area contributed by atoms with E-state index >= 15 is 0 Å². The molecule has 1 heterocycles. The van der Waals surface area contributed by atoms with Crippen molar-refractivity contribution in [2.24, 2.45) is 0 Å². The minimum Gasteiger partial charge on any atom is -0.497 e. The van der Waals surface area contributed by atoms with Crippen molar-refractivity contribution in [3.63, 3.8) is 0 Å². The summed E-state index contributed by atoms with van der Waals surface area (Å²) in [6.45, 7) is 8.35. The molecule has 0 aromatic heterocycles. The highest BCUT2D eigenvalue weighted by Gasteiger charge is 2.53. The van der Waals surface area contributed by atoms with Gasteiger partial charge in [-0.25, -0.2) is 4.79 Å². The highest BCUT2D eigenvalue weighted by Crippen LogP contribution is 2.34. The van der Waals surface area contributed by atoms with E-state index in [1.165, 1.54) is 14.0 Å². The molecule has 33 heavy (non-hydrogen) atoms. The minimum absolute atomic E-state index is 0.194. The van der Waals surface area contributed by atoms with Gasteiger partial charge in [-0.05, 0) is 49.2 Å². The summed E-state index contributed by atoms with van der Waals surface area (Å²) < 4.78 is 16.3. The number of benzene rings is 2. The highest BCUT2D eigenvalue weighted by molar-refractivity contribution is 6.07. The lowest BCUT2D eigenvalue weighted by atomic mass is 10.00. The number of ketones is 1. The van der Waals surface area contributed by atoms with Crippen LogP contribution in [0.2, 0.25) is 0 Å². The van der Waals surface area contributed by atoms with Crippen molar-refractivity contribution in [3.05, 3.63) is 53.7 Å². The molecule has 0 saturated carbocycles. The summed E-state index contributed by atoms with van der Waals surface area (Å²) in [5, 5.41) is 6.13. The lowest BCUT2D eigenvalue weighted by molar-refractivity contribution is -0.133. The molecule has 2 aromatic rings. The summed E-state index contributed by atoms with van der Waals surface area (Å²) in [6, 6.07) is 8.88. The lowest BCUT2D eigenvalue weighted by Crippen LogP contribution is -2.47. The predicted molar refractivity (Wildman–Crippen MR) is 120 cm³/mol. The largest absolute Gasteiger partial charge is 0.497 e. The number of aryl methyl sites for hydroxylation is 1. The van der Waals surface area contributed by atoms with Gasteiger partial charge in [0.15, 0.2) is 0 Å². The molecule has 9 nitrogen and oxygen atoms in total. The van der Waals surface area contributed by atoms with Crippen molar-refractivity contribution in [3.8, 4) is 5.75 Å². The summed E-state index contributed by atoms with van der Waals surface area (Å²) >= 11 is 0. The molecule has 0 spiro atoms. The van der Waals surface area contributed by atoms with Gasteiger partial charge in [0.05, 0.1) is 31.5 Å². The average Bonchev–Trinajstić information content (AvgIpc) is 3.52. The normalized spacial score (nSPS) is 17.6. The zero-order chi connectivity index (χ0) is 24.3. The molecule has 3 rings (SSSR count). The number of rotatable bonds is 9. The Labute approximate surface area is 191 Å². The first-order valence-electron chi connectivity index (χ1n) is 10.3. The Morgan fingerprint density at radius 1 is 1.21 bits per heavy atom. The summed E-state index contributed by atoms with van der Waals surface area (Å²) in [4.78, 5) is 49.1. The smallest absolute Gasteiger partial charge is 0.339 e. The second-order valence-corrected chi connectivity index (χ2v) is 8.08. The molecule has 1 fully saturated rings. The Morgan fingerprint density at radius 3 is 2.52 bits per heavy atom. The fourth-order valence-corrected chi connectivity index (χ4v) is 3.27. The van der Waals surface area contributed by atoms with Crippen LogP contribution in [-0.2, 0) is 23.9 Å². The summed E-state index contributed by atoms with van der Waals surface area (Å²) in [5.41, 5.74) is -0.150. The van der Waals surface area contributed by atoms with Crippen LogP contribution in [0.4, 0.5) is 0 Å². The van der Waals surface area contributed by atoms with Crippen LogP contribution in [-0.4, -0.2) is 55.5 Å². The van der Waals surface area contributed by atoms with Crippen molar-refractivity contribution in [1.29, 1.82) is 0 Å². The summed E-state index contributed by atoms with van der Waals surface area (Å²) in [6.07, 6.45) is -1.34. The Morgan fingerprint density at radius 2 is 1.91 bits per heavy atom. The zero-order valence-electron chi connectivity index (χ0n) is 18.9. The van der Waals surface area contributed by atoms with Crippen LogP contribution in [0.5, 0.6) is 5.75 Å². The maximum Gasteiger partial charge on any atom is 0.339 e. The van der Waals surface area contributed by atoms with Crippen LogP contribution in [0.25, 0.3) is 10.8 Å². The third-order valence-electron chi connectivity index (χ3n) is 5.31. The molecule has 0 aliphatic carbocycles. The second kappa shape index (κ2) is 9.41. The van der Waals surface area contributed by atoms with Gasteiger partial charge in [-0.2, -0.15) is 0 Å². The van der Waals surface area contributed by atoms with Crippen LogP contribution < -0.4 is 15.4 Å². The average molecular weight is 454 g/mol. The molecule has 0 unspecified atom stereocenters. The SMILES string of the molecule is C=C(NC(=O)[C@@H](OC(=O)c1cc(OC)cc2c(C)cccc12)[C@]1(C)CO1)C(=O)NCC(C)=O. The van der Waals surface area contributed by atoms with Crippen LogP contribution in [0.1, 0.15) is 29.8 Å². The van der Waals surface area contributed by atoms with Crippen LogP contribution >= 0.6 is 0 Å². The Balaban J connectivity index is 1.83. The van der Waals surface area contributed by atoms with Crippen molar-refractivity contribution < 1.29 is 33.4 Å². The van der Waals surface area contributed by atoms with E-state index in [0.29, 0.717) is 11.1 Å². The van der Waals surface area contributed by atoms with E-state index in [2.05, 4.69) is 17.2 Å². The minimum atomic E-state index is -1.34. The third kappa shape index (κ3) is 5.38. The first-order valence-corrected chi connectivity index (χ1v) is 10.3. The lowest BCUT2D eigenvalue weighted by Gasteiger charge is -2.22. The fraction of sp³-hybridized carbons (Fsp3) is 0.333. The molecule has 2 atom stereocenters. The van der Waals surface area contributed by atoms with Crippen LogP contribution in [0.3, 0.4) is 0 Å². The van der Waals surface area contributed by atoms with Crippen molar-refractivity contribution >= 4 is 34.3 Å². The number of ether oxygens (including phenoxy) is 3. The topological polar surface area (TPSA) is 123 Å². The molecule has 174 valence electrons. The first kappa shape index (κ1) is 23.9. The molecule has 1 saturated heterocycles. The van der Waals surface area contributed by atoms with E-state index in [4.69, 9.17) is 14.2 Å². The van der Waals surface area contributed by atoms with Gasteiger partial charge in [0.25, 0.3) is 11.8 Å². The maximum absolute atomic E-state index is 13.2. The van der Waals surface area contributed by atoms with Gasteiger partial charge < -0.3 is 24.8 Å². The van der Waals surface area contributed by atoms with Crippen molar-refractivity contribution in [1.82, 2.24) is 10.6 Å². The van der Waals surface area contributed by atoms with Gasteiger partial charge in [0.1, 0.15) is 17.1 Å². The molecule has 1 aliphatic heterocycles. The molecule has 9 heteroatoms. The van der Waals surface area contributed by atoms with Gasteiger partial charge in [-0.1, -0.05) is 24.8 Å². The predicted octanol–water partition coefficient (Wildman–Crippen LogP) is 1.81. The number of epoxide rings is 1. The number of methoxy groups -OCH3 is 1. The van der Waals surface area contributed by atoms with Crippen LogP contribution in [0.15, 0.2) is 42.6 Å². The van der Waals surface area contributed by atoms with E-state index in [9.17, 15) is 19.2 Å². The Kier molecular flexibility index (Phi) is 6.83.